The van der Waals surface area contributed by atoms with Crippen molar-refractivity contribution in [3.8, 4) is 11.1 Å². The highest BCUT2D eigenvalue weighted by atomic mass is 19.1. The molecule has 0 aliphatic heterocycles. The van der Waals surface area contributed by atoms with Gasteiger partial charge in [-0.15, -0.1) is 10.2 Å². The Balaban J connectivity index is 1.41. The number of hydrogen-bond acceptors (Lipinski definition) is 5. The van der Waals surface area contributed by atoms with Crippen molar-refractivity contribution in [1.29, 1.82) is 0 Å². The highest BCUT2D eigenvalue weighted by molar-refractivity contribution is 5.84. The van der Waals surface area contributed by atoms with Crippen LogP contribution in [-0.4, -0.2) is 34.3 Å². The van der Waals surface area contributed by atoms with Gasteiger partial charge < -0.3 is 4.98 Å². The third-order valence-corrected chi connectivity index (χ3v) is 6.39. The van der Waals surface area contributed by atoms with Crippen molar-refractivity contribution < 1.29 is 4.39 Å². The van der Waals surface area contributed by atoms with Crippen LogP contribution >= 0.6 is 0 Å². The Bertz CT molecular complexity index is 1780. The van der Waals surface area contributed by atoms with Gasteiger partial charge in [-0.25, -0.2) is 9.37 Å². The van der Waals surface area contributed by atoms with Crippen LogP contribution in [0.2, 0.25) is 0 Å². The Morgan fingerprint density at radius 1 is 1.06 bits per heavy atom. The van der Waals surface area contributed by atoms with E-state index in [1.54, 1.807) is 21.2 Å². The van der Waals surface area contributed by atoms with Crippen molar-refractivity contribution in [1.82, 2.24) is 34.3 Å². The number of benzene rings is 2. The SMILES string of the molecule is CCc1nn2c(nnc3c(=O)n(CCc4c[nH]c5ccc(C)cc45)cnc32)c1-c1ccc(F)cc1. The summed E-state index contributed by atoms with van der Waals surface area (Å²) in [6, 6.07) is 12.5. The minimum atomic E-state index is -0.315. The van der Waals surface area contributed by atoms with Crippen molar-refractivity contribution >= 4 is 27.7 Å². The van der Waals surface area contributed by atoms with E-state index in [0.717, 1.165) is 33.3 Å². The van der Waals surface area contributed by atoms with Crippen LogP contribution in [0.5, 0.6) is 0 Å². The van der Waals surface area contributed by atoms with Crippen LogP contribution in [-0.2, 0) is 19.4 Å². The number of nitrogens with zero attached hydrogens (tertiary/aromatic N) is 6. The molecule has 8 nitrogen and oxygen atoms in total. The van der Waals surface area contributed by atoms with Crippen LogP contribution < -0.4 is 5.56 Å². The monoisotopic (exact) mass is 467 g/mol. The molecular formula is C26H22FN7O. The molecule has 9 heteroatoms. The van der Waals surface area contributed by atoms with Gasteiger partial charge in [-0.05, 0) is 55.2 Å². The molecule has 0 amide bonds. The van der Waals surface area contributed by atoms with E-state index in [2.05, 4.69) is 50.4 Å². The molecular weight excluding hydrogens is 445 g/mol. The van der Waals surface area contributed by atoms with Gasteiger partial charge in [-0.1, -0.05) is 30.7 Å². The molecule has 0 fully saturated rings. The average Bonchev–Trinajstić information content (AvgIpc) is 3.45. The number of aromatic nitrogens is 7. The Morgan fingerprint density at radius 3 is 2.69 bits per heavy atom. The largest absolute Gasteiger partial charge is 0.361 e. The molecule has 35 heavy (non-hydrogen) atoms. The smallest absolute Gasteiger partial charge is 0.283 e. The first-order valence-corrected chi connectivity index (χ1v) is 11.5. The van der Waals surface area contributed by atoms with Gasteiger partial charge in [0.25, 0.3) is 5.56 Å². The zero-order valence-corrected chi connectivity index (χ0v) is 19.3. The molecule has 0 spiro atoms. The van der Waals surface area contributed by atoms with Gasteiger partial charge in [0, 0.05) is 23.6 Å². The maximum Gasteiger partial charge on any atom is 0.283 e. The number of aromatic amines is 1. The fraction of sp³-hybridized carbons (Fsp3) is 0.192. The molecule has 0 saturated carbocycles. The van der Waals surface area contributed by atoms with Gasteiger partial charge in [0.05, 0.1) is 11.3 Å². The predicted octanol–water partition coefficient (Wildman–Crippen LogP) is 4.24. The summed E-state index contributed by atoms with van der Waals surface area (Å²) < 4.78 is 16.6. The zero-order valence-electron chi connectivity index (χ0n) is 19.3. The highest BCUT2D eigenvalue weighted by Crippen LogP contribution is 2.29. The second-order valence-corrected chi connectivity index (χ2v) is 8.65. The zero-order chi connectivity index (χ0) is 24.1. The van der Waals surface area contributed by atoms with Crippen molar-refractivity contribution in [3.05, 3.63) is 88.0 Å². The molecule has 0 aliphatic carbocycles. The number of fused-ring (bicyclic) bond motifs is 4. The van der Waals surface area contributed by atoms with Gasteiger partial charge >= 0.3 is 0 Å². The van der Waals surface area contributed by atoms with Crippen LogP contribution in [0.25, 0.3) is 38.8 Å². The average molecular weight is 468 g/mol. The molecule has 0 bridgehead atoms. The van der Waals surface area contributed by atoms with Crippen molar-refractivity contribution in [2.24, 2.45) is 0 Å². The Labute approximate surface area is 199 Å². The van der Waals surface area contributed by atoms with Crippen LogP contribution in [0.1, 0.15) is 23.7 Å². The Hall–Kier alpha value is -4.40. The lowest BCUT2D eigenvalue weighted by Gasteiger charge is -2.07. The number of nitrogens with one attached hydrogen (secondary N) is 1. The van der Waals surface area contributed by atoms with Crippen LogP contribution in [0.4, 0.5) is 4.39 Å². The van der Waals surface area contributed by atoms with E-state index in [0.29, 0.717) is 30.7 Å². The van der Waals surface area contributed by atoms with Gasteiger partial charge in [0.2, 0.25) is 0 Å². The fourth-order valence-corrected chi connectivity index (χ4v) is 4.56. The molecule has 174 valence electrons. The Kier molecular flexibility index (Phi) is 4.91. The van der Waals surface area contributed by atoms with Crippen LogP contribution in [0.3, 0.4) is 0 Å². The number of halogens is 1. The van der Waals surface area contributed by atoms with E-state index in [-0.39, 0.29) is 16.9 Å². The minimum absolute atomic E-state index is 0.158. The third kappa shape index (κ3) is 3.47. The summed E-state index contributed by atoms with van der Waals surface area (Å²) in [6.45, 7) is 4.51. The molecule has 4 heterocycles. The first kappa shape index (κ1) is 21.2. The van der Waals surface area contributed by atoms with E-state index < -0.39 is 0 Å². The second-order valence-electron chi connectivity index (χ2n) is 8.65. The summed E-state index contributed by atoms with van der Waals surface area (Å²) in [4.78, 5) is 21.1. The summed E-state index contributed by atoms with van der Waals surface area (Å²) in [5.74, 6) is -0.315. The summed E-state index contributed by atoms with van der Waals surface area (Å²) in [7, 11) is 0. The summed E-state index contributed by atoms with van der Waals surface area (Å²) in [5.41, 5.74) is 6.46. The Morgan fingerprint density at radius 2 is 1.89 bits per heavy atom. The van der Waals surface area contributed by atoms with Crippen LogP contribution in [0, 0.1) is 12.7 Å². The standard InChI is InChI=1S/C26H22FN7O/c1-3-20-22(16-5-7-18(27)8-6-16)24-31-30-23-25(34(24)32-20)29-14-33(26(23)35)11-10-17-13-28-21-9-4-15(2)12-19(17)21/h4-9,12-14,28H,3,10-11H2,1-2H3. The highest BCUT2D eigenvalue weighted by Gasteiger charge is 2.19. The lowest BCUT2D eigenvalue weighted by Crippen LogP contribution is -2.23. The number of aryl methyl sites for hydroxylation is 4. The third-order valence-electron chi connectivity index (χ3n) is 6.39. The van der Waals surface area contributed by atoms with Gasteiger partial charge in [0.15, 0.2) is 16.8 Å². The molecule has 0 saturated heterocycles. The first-order chi connectivity index (χ1) is 17.0. The van der Waals surface area contributed by atoms with Crippen molar-refractivity contribution in [2.75, 3.05) is 0 Å². The van der Waals surface area contributed by atoms with Crippen molar-refractivity contribution in [2.45, 2.75) is 33.2 Å². The molecule has 0 unspecified atom stereocenters. The van der Waals surface area contributed by atoms with E-state index in [1.165, 1.54) is 24.0 Å². The summed E-state index contributed by atoms with van der Waals surface area (Å²) in [6.07, 6.45) is 4.83. The maximum atomic E-state index is 13.5. The molecule has 1 N–H and O–H groups in total. The molecule has 0 aliphatic rings. The number of rotatable bonds is 5. The lowest BCUT2D eigenvalue weighted by atomic mass is 10.0. The molecule has 6 rings (SSSR count). The normalized spacial score (nSPS) is 11.7. The number of hydrogen-bond donors (Lipinski definition) is 1. The fourth-order valence-electron chi connectivity index (χ4n) is 4.56. The quantitative estimate of drug-likeness (QED) is 0.409. The lowest BCUT2D eigenvalue weighted by molar-refractivity contribution is 0.628. The summed E-state index contributed by atoms with van der Waals surface area (Å²) in [5, 5.41) is 14.4. The second kappa shape index (κ2) is 8.12. The topological polar surface area (TPSA) is 93.8 Å². The first-order valence-electron chi connectivity index (χ1n) is 11.5. The van der Waals surface area contributed by atoms with E-state index in [4.69, 9.17) is 0 Å². The number of H-pyrrole nitrogens is 1. The molecule has 2 aromatic carbocycles. The van der Waals surface area contributed by atoms with E-state index in [1.807, 2.05) is 13.1 Å². The maximum absolute atomic E-state index is 13.5. The minimum Gasteiger partial charge on any atom is -0.361 e. The molecule has 4 aromatic heterocycles. The van der Waals surface area contributed by atoms with E-state index >= 15 is 0 Å². The van der Waals surface area contributed by atoms with Gasteiger partial charge in [-0.3, -0.25) is 9.36 Å². The van der Waals surface area contributed by atoms with Gasteiger partial charge in [0.1, 0.15) is 12.1 Å². The van der Waals surface area contributed by atoms with Crippen LogP contribution in [0.15, 0.2) is 59.8 Å². The predicted molar refractivity (Wildman–Crippen MR) is 132 cm³/mol. The van der Waals surface area contributed by atoms with E-state index in [9.17, 15) is 9.18 Å². The molecule has 0 atom stereocenters. The molecule has 0 radical (unpaired) electrons. The summed E-state index contributed by atoms with van der Waals surface area (Å²) >= 11 is 0. The van der Waals surface area contributed by atoms with Gasteiger partial charge in [-0.2, -0.15) is 9.61 Å². The van der Waals surface area contributed by atoms with Crippen molar-refractivity contribution in [3.63, 3.8) is 0 Å². The molecule has 6 aromatic rings.